The molecule has 4 rings (SSSR count). The largest absolute Gasteiger partial charge is 0.274 e. The Morgan fingerprint density at radius 3 is 1.85 bits per heavy atom. The van der Waals surface area contributed by atoms with Crippen LogP contribution in [0.2, 0.25) is 0 Å². The Bertz CT molecular complexity index is 1470. The van der Waals surface area contributed by atoms with Crippen LogP contribution in [0.3, 0.4) is 0 Å². The van der Waals surface area contributed by atoms with Gasteiger partial charge < -0.3 is 0 Å². The molecule has 0 aliphatic heterocycles. The minimum Gasteiger partial charge on any atom is -0.274 e. The normalized spacial score (nSPS) is 11.8. The Morgan fingerprint density at radius 1 is 0.821 bits per heavy atom. The standard InChI is InChI=1S/C35H42N4/c1-9-35(7,8)31-17-13-12-16-30(31)34-38-37-33(29-15-11-10-14-25(29)6)39(34)32-27(18-23(2)3)20-26(22-36)21-28(32)19-24(4)5/h10-17,20-21,23-24H,9,18-19H2,1-8H3. The fraction of sp³-hybridized carbons (Fsp3) is 0.400. The van der Waals surface area contributed by atoms with Crippen molar-refractivity contribution in [1.29, 1.82) is 5.26 Å². The summed E-state index contributed by atoms with van der Waals surface area (Å²) < 4.78 is 2.30. The lowest BCUT2D eigenvalue weighted by atomic mass is 9.79. The summed E-state index contributed by atoms with van der Waals surface area (Å²) in [4.78, 5) is 0. The maximum Gasteiger partial charge on any atom is 0.169 e. The van der Waals surface area contributed by atoms with Crippen LogP contribution in [0, 0.1) is 30.1 Å². The molecule has 0 atom stereocenters. The van der Waals surface area contributed by atoms with Crippen LogP contribution in [-0.4, -0.2) is 14.8 Å². The second-order valence-electron chi connectivity index (χ2n) is 12.2. The number of aryl methyl sites for hydroxylation is 1. The topological polar surface area (TPSA) is 54.5 Å². The summed E-state index contributed by atoms with van der Waals surface area (Å²) in [5.74, 6) is 2.55. The first kappa shape index (κ1) is 28.3. The fourth-order valence-corrected chi connectivity index (χ4v) is 5.43. The van der Waals surface area contributed by atoms with Crippen LogP contribution in [0.15, 0.2) is 60.7 Å². The van der Waals surface area contributed by atoms with E-state index in [4.69, 9.17) is 10.2 Å². The van der Waals surface area contributed by atoms with Crippen LogP contribution in [0.5, 0.6) is 0 Å². The zero-order chi connectivity index (χ0) is 28.3. The molecule has 1 heterocycles. The van der Waals surface area contributed by atoms with E-state index in [2.05, 4.69) is 127 Å². The molecule has 4 heteroatoms. The van der Waals surface area contributed by atoms with Gasteiger partial charge in [-0.05, 0) is 77.8 Å². The van der Waals surface area contributed by atoms with Gasteiger partial charge in [0, 0.05) is 11.1 Å². The minimum absolute atomic E-state index is 0.0254. The second kappa shape index (κ2) is 11.6. The molecule has 0 amide bonds. The van der Waals surface area contributed by atoms with Crippen molar-refractivity contribution >= 4 is 0 Å². The Hall–Kier alpha value is -3.71. The molecule has 4 aromatic rings. The van der Waals surface area contributed by atoms with E-state index in [1.165, 1.54) is 16.7 Å². The first-order chi connectivity index (χ1) is 18.6. The first-order valence-corrected chi connectivity index (χ1v) is 14.2. The van der Waals surface area contributed by atoms with Gasteiger partial charge in [0.05, 0.1) is 17.3 Å². The van der Waals surface area contributed by atoms with Crippen LogP contribution >= 0.6 is 0 Å². The van der Waals surface area contributed by atoms with Gasteiger partial charge in [0.1, 0.15) is 0 Å². The van der Waals surface area contributed by atoms with Gasteiger partial charge in [0.15, 0.2) is 11.6 Å². The third-order valence-electron chi connectivity index (χ3n) is 7.71. The Labute approximate surface area is 234 Å². The van der Waals surface area contributed by atoms with Crippen molar-refractivity contribution in [2.45, 2.75) is 80.1 Å². The molecule has 0 radical (unpaired) electrons. The van der Waals surface area contributed by atoms with Gasteiger partial charge in [-0.15, -0.1) is 10.2 Å². The van der Waals surface area contributed by atoms with E-state index in [1.807, 2.05) is 0 Å². The van der Waals surface area contributed by atoms with Crippen molar-refractivity contribution in [3.05, 3.63) is 88.5 Å². The summed E-state index contributed by atoms with van der Waals surface area (Å²) in [5, 5.41) is 19.7. The molecule has 39 heavy (non-hydrogen) atoms. The number of hydrogen-bond donors (Lipinski definition) is 0. The molecular weight excluding hydrogens is 476 g/mol. The second-order valence-corrected chi connectivity index (χ2v) is 12.2. The number of hydrogen-bond acceptors (Lipinski definition) is 3. The van der Waals surface area contributed by atoms with Crippen LogP contribution < -0.4 is 0 Å². The average Bonchev–Trinajstić information content (AvgIpc) is 3.32. The Morgan fingerprint density at radius 2 is 1.33 bits per heavy atom. The molecule has 202 valence electrons. The van der Waals surface area contributed by atoms with Crippen molar-refractivity contribution in [2.75, 3.05) is 0 Å². The number of nitrogens with zero attached hydrogens (tertiary/aromatic N) is 4. The molecule has 0 spiro atoms. The molecule has 3 aromatic carbocycles. The maximum atomic E-state index is 9.95. The lowest BCUT2D eigenvalue weighted by molar-refractivity contribution is 0.507. The third-order valence-corrected chi connectivity index (χ3v) is 7.71. The monoisotopic (exact) mass is 518 g/mol. The van der Waals surface area contributed by atoms with E-state index in [-0.39, 0.29) is 5.41 Å². The number of benzene rings is 3. The average molecular weight is 519 g/mol. The highest BCUT2D eigenvalue weighted by Crippen LogP contribution is 2.39. The predicted octanol–water partition coefficient (Wildman–Crippen LogP) is 8.87. The lowest BCUT2D eigenvalue weighted by Gasteiger charge is -2.27. The molecule has 0 aliphatic rings. The van der Waals surface area contributed by atoms with Gasteiger partial charge in [-0.1, -0.05) is 97.0 Å². The van der Waals surface area contributed by atoms with Gasteiger partial charge in [-0.25, -0.2) is 0 Å². The van der Waals surface area contributed by atoms with Crippen LogP contribution in [0.4, 0.5) is 0 Å². The fourth-order valence-electron chi connectivity index (χ4n) is 5.43. The smallest absolute Gasteiger partial charge is 0.169 e. The summed E-state index contributed by atoms with van der Waals surface area (Å²) in [6.07, 6.45) is 2.74. The molecular formula is C35H42N4. The van der Waals surface area contributed by atoms with Crippen LogP contribution in [0.1, 0.15) is 82.7 Å². The highest BCUT2D eigenvalue weighted by Gasteiger charge is 2.28. The first-order valence-electron chi connectivity index (χ1n) is 14.2. The van der Waals surface area contributed by atoms with Gasteiger partial charge in [-0.3, -0.25) is 4.57 Å². The van der Waals surface area contributed by atoms with Crippen molar-refractivity contribution in [3.8, 4) is 34.5 Å². The molecule has 0 bridgehead atoms. The number of rotatable bonds is 9. The zero-order valence-corrected chi connectivity index (χ0v) is 24.8. The van der Waals surface area contributed by atoms with E-state index in [0.29, 0.717) is 17.4 Å². The highest BCUT2D eigenvalue weighted by molar-refractivity contribution is 5.73. The van der Waals surface area contributed by atoms with Crippen molar-refractivity contribution in [1.82, 2.24) is 14.8 Å². The summed E-state index contributed by atoms with van der Waals surface area (Å²) in [7, 11) is 0. The molecule has 0 saturated heterocycles. The Kier molecular flexibility index (Phi) is 8.40. The van der Waals surface area contributed by atoms with E-state index in [9.17, 15) is 5.26 Å². The van der Waals surface area contributed by atoms with E-state index in [1.54, 1.807) is 0 Å². The molecule has 0 unspecified atom stereocenters. The SMILES string of the molecule is CCC(C)(C)c1ccccc1-c1nnc(-c2ccccc2C)n1-c1c(CC(C)C)cc(C#N)cc1CC(C)C. The number of aromatic nitrogens is 3. The summed E-state index contributed by atoms with van der Waals surface area (Å²) in [6, 6.07) is 23.6. The van der Waals surface area contributed by atoms with Crippen molar-refractivity contribution in [2.24, 2.45) is 11.8 Å². The van der Waals surface area contributed by atoms with Gasteiger partial charge >= 0.3 is 0 Å². The third kappa shape index (κ3) is 5.83. The molecule has 0 N–H and O–H groups in total. The van der Waals surface area contributed by atoms with Gasteiger partial charge in [0.25, 0.3) is 0 Å². The van der Waals surface area contributed by atoms with E-state index >= 15 is 0 Å². The summed E-state index contributed by atoms with van der Waals surface area (Å²) in [6.45, 7) is 17.9. The van der Waals surface area contributed by atoms with Crippen molar-refractivity contribution < 1.29 is 0 Å². The van der Waals surface area contributed by atoms with E-state index in [0.717, 1.165) is 53.3 Å². The van der Waals surface area contributed by atoms with Crippen LogP contribution in [-0.2, 0) is 18.3 Å². The molecule has 0 aliphatic carbocycles. The van der Waals surface area contributed by atoms with Gasteiger partial charge in [0.2, 0.25) is 0 Å². The summed E-state index contributed by atoms with van der Waals surface area (Å²) in [5.41, 5.74) is 8.74. The lowest BCUT2D eigenvalue weighted by Crippen LogP contribution is -2.18. The van der Waals surface area contributed by atoms with Gasteiger partial charge in [-0.2, -0.15) is 5.26 Å². The number of nitriles is 1. The van der Waals surface area contributed by atoms with Crippen molar-refractivity contribution in [3.63, 3.8) is 0 Å². The molecule has 0 fully saturated rings. The zero-order valence-electron chi connectivity index (χ0n) is 24.8. The predicted molar refractivity (Wildman–Crippen MR) is 162 cm³/mol. The summed E-state index contributed by atoms with van der Waals surface area (Å²) >= 11 is 0. The quantitative estimate of drug-likeness (QED) is 0.222. The minimum atomic E-state index is -0.0254. The highest BCUT2D eigenvalue weighted by atomic mass is 15.3. The Balaban J connectivity index is 2.17. The van der Waals surface area contributed by atoms with E-state index < -0.39 is 0 Å². The molecule has 1 aromatic heterocycles. The molecule has 0 saturated carbocycles. The maximum absolute atomic E-state index is 9.95. The van der Waals surface area contributed by atoms with Crippen LogP contribution in [0.25, 0.3) is 28.5 Å². The molecule has 4 nitrogen and oxygen atoms in total.